The van der Waals surface area contributed by atoms with Gasteiger partial charge in [0, 0.05) is 18.6 Å². The number of aromatic nitrogens is 2. The molecular weight excluding hydrogens is 253 g/mol. The van der Waals surface area contributed by atoms with Gasteiger partial charge >= 0.3 is 0 Å². The van der Waals surface area contributed by atoms with Crippen LogP contribution in [-0.2, 0) is 6.42 Å². The smallest absolute Gasteiger partial charge is 0.146 e. The molecule has 18 heavy (non-hydrogen) atoms. The SMILES string of the molecule is CNC(Cc1ccncc1Cl)c1ncccc1F. The van der Waals surface area contributed by atoms with Gasteiger partial charge in [-0.3, -0.25) is 9.97 Å². The lowest BCUT2D eigenvalue weighted by atomic mass is 10.0. The summed E-state index contributed by atoms with van der Waals surface area (Å²) >= 11 is 6.05. The van der Waals surface area contributed by atoms with E-state index in [-0.39, 0.29) is 11.9 Å². The first-order chi connectivity index (χ1) is 8.72. The molecule has 2 aromatic heterocycles. The molecule has 94 valence electrons. The Balaban J connectivity index is 2.26. The molecule has 0 saturated carbocycles. The van der Waals surface area contributed by atoms with E-state index in [0.717, 1.165) is 5.56 Å². The van der Waals surface area contributed by atoms with E-state index in [2.05, 4.69) is 15.3 Å². The summed E-state index contributed by atoms with van der Waals surface area (Å²) in [7, 11) is 1.77. The third kappa shape index (κ3) is 2.83. The van der Waals surface area contributed by atoms with Crippen molar-refractivity contribution in [2.45, 2.75) is 12.5 Å². The number of pyridine rings is 2. The Morgan fingerprint density at radius 1 is 1.39 bits per heavy atom. The van der Waals surface area contributed by atoms with Gasteiger partial charge in [0.15, 0.2) is 0 Å². The average molecular weight is 266 g/mol. The number of halogens is 2. The summed E-state index contributed by atoms with van der Waals surface area (Å²) in [6, 6.07) is 4.59. The van der Waals surface area contributed by atoms with Crippen LogP contribution in [0, 0.1) is 5.82 Å². The summed E-state index contributed by atoms with van der Waals surface area (Å²) in [4.78, 5) is 8.01. The molecule has 0 spiro atoms. The lowest BCUT2D eigenvalue weighted by Crippen LogP contribution is -2.21. The molecule has 1 N–H and O–H groups in total. The Morgan fingerprint density at radius 3 is 2.89 bits per heavy atom. The molecule has 0 radical (unpaired) electrons. The van der Waals surface area contributed by atoms with E-state index in [4.69, 9.17) is 11.6 Å². The predicted molar refractivity (Wildman–Crippen MR) is 68.9 cm³/mol. The monoisotopic (exact) mass is 265 g/mol. The zero-order valence-corrected chi connectivity index (χ0v) is 10.7. The highest BCUT2D eigenvalue weighted by Gasteiger charge is 2.16. The van der Waals surface area contributed by atoms with Gasteiger partial charge in [-0.15, -0.1) is 0 Å². The Labute approximate surface area is 110 Å². The standard InChI is InChI=1S/C13H13ClFN3/c1-16-12(13-11(15)3-2-5-18-13)7-9-4-6-17-8-10(9)14/h2-6,8,12,16H,7H2,1H3. The van der Waals surface area contributed by atoms with E-state index in [9.17, 15) is 4.39 Å². The number of hydrogen-bond acceptors (Lipinski definition) is 3. The van der Waals surface area contributed by atoms with Crippen molar-refractivity contribution in [1.82, 2.24) is 15.3 Å². The highest BCUT2D eigenvalue weighted by molar-refractivity contribution is 6.31. The zero-order valence-electron chi connectivity index (χ0n) is 9.90. The van der Waals surface area contributed by atoms with Crippen molar-refractivity contribution in [3.8, 4) is 0 Å². The van der Waals surface area contributed by atoms with Gasteiger partial charge in [0.2, 0.25) is 0 Å². The van der Waals surface area contributed by atoms with Gasteiger partial charge < -0.3 is 5.32 Å². The lowest BCUT2D eigenvalue weighted by molar-refractivity contribution is 0.516. The van der Waals surface area contributed by atoms with Gasteiger partial charge in [0.05, 0.1) is 16.8 Å². The third-order valence-electron chi connectivity index (χ3n) is 2.75. The van der Waals surface area contributed by atoms with Crippen LogP contribution in [0.15, 0.2) is 36.8 Å². The molecule has 3 nitrogen and oxygen atoms in total. The second-order valence-electron chi connectivity index (χ2n) is 3.88. The van der Waals surface area contributed by atoms with Crippen LogP contribution < -0.4 is 5.32 Å². The Kier molecular flexibility index (Phi) is 4.23. The van der Waals surface area contributed by atoms with Crippen LogP contribution in [0.3, 0.4) is 0 Å². The van der Waals surface area contributed by atoms with Gasteiger partial charge in [0.1, 0.15) is 5.82 Å². The van der Waals surface area contributed by atoms with Gasteiger partial charge in [-0.25, -0.2) is 4.39 Å². The van der Waals surface area contributed by atoms with Crippen LogP contribution >= 0.6 is 11.6 Å². The topological polar surface area (TPSA) is 37.8 Å². The average Bonchev–Trinajstić information content (AvgIpc) is 2.39. The zero-order chi connectivity index (χ0) is 13.0. The first-order valence-electron chi connectivity index (χ1n) is 5.58. The summed E-state index contributed by atoms with van der Waals surface area (Å²) in [5.74, 6) is -0.318. The summed E-state index contributed by atoms with van der Waals surface area (Å²) in [6.45, 7) is 0. The Morgan fingerprint density at radius 2 is 2.22 bits per heavy atom. The molecule has 5 heteroatoms. The first kappa shape index (κ1) is 12.9. The summed E-state index contributed by atoms with van der Waals surface area (Å²) in [5, 5.41) is 3.63. The first-order valence-corrected chi connectivity index (χ1v) is 5.96. The minimum absolute atomic E-state index is 0.217. The van der Waals surface area contributed by atoms with Gasteiger partial charge in [0.25, 0.3) is 0 Å². The van der Waals surface area contributed by atoms with Crippen molar-refractivity contribution >= 4 is 11.6 Å². The molecule has 0 amide bonds. The molecule has 0 aliphatic carbocycles. The van der Waals surface area contributed by atoms with Crippen LogP contribution in [0.5, 0.6) is 0 Å². The van der Waals surface area contributed by atoms with Crippen LogP contribution in [0.25, 0.3) is 0 Å². The molecule has 1 unspecified atom stereocenters. The van der Waals surface area contributed by atoms with Crippen molar-refractivity contribution in [1.29, 1.82) is 0 Å². The third-order valence-corrected chi connectivity index (χ3v) is 3.09. The van der Waals surface area contributed by atoms with Gasteiger partial charge in [-0.05, 0) is 37.2 Å². The number of likely N-dealkylation sites (N-methyl/N-ethyl adjacent to an activating group) is 1. The molecule has 0 aliphatic heterocycles. The molecular formula is C13H13ClFN3. The Hall–Kier alpha value is -1.52. The predicted octanol–water partition coefficient (Wildman–Crippen LogP) is 2.77. The van der Waals surface area contributed by atoms with E-state index in [1.807, 2.05) is 6.07 Å². The maximum absolute atomic E-state index is 13.7. The molecule has 0 aliphatic rings. The summed E-state index contributed by atoms with van der Waals surface area (Å²) in [6.07, 6.45) is 5.39. The number of rotatable bonds is 4. The maximum Gasteiger partial charge on any atom is 0.146 e. The van der Waals surface area contributed by atoms with Crippen LogP contribution in [0.2, 0.25) is 5.02 Å². The second-order valence-corrected chi connectivity index (χ2v) is 4.29. The highest BCUT2D eigenvalue weighted by atomic mass is 35.5. The molecule has 2 aromatic rings. The van der Waals surface area contributed by atoms with E-state index >= 15 is 0 Å². The van der Waals surface area contributed by atoms with Crippen LogP contribution in [-0.4, -0.2) is 17.0 Å². The molecule has 0 bridgehead atoms. The molecule has 0 aromatic carbocycles. The second kappa shape index (κ2) is 5.89. The molecule has 2 heterocycles. The maximum atomic E-state index is 13.7. The summed E-state index contributed by atoms with van der Waals surface area (Å²) < 4.78 is 13.7. The van der Waals surface area contributed by atoms with Crippen LogP contribution in [0.4, 0.5) is 4.39 Å². The van der Waals surface area contributed by atoms with Crippen LogP contribution in [0.1, 0.15) is 17.3 Å². The molecule has 2 rings (SSSR count). The minimum atomic E-state index is -0.318. The van der Waals surface area contributed by atoms with E-state index in [0.29, 0.717) is 17.1 Å². The van der Waals surface area contributed by atoms with Gasteiger partial charge in [-0.2, -0.15) is 0 Å². The number of nitrogens with zero attached hydrogens (tertiary/aromatic N) is 2. The lowest BCUT2D eigenvalue weighted by Gasteiger charge is -2.16. The van der Waals surface area contributed by atoms with Crippen molar-refractivity contribution in [3.05, 3.63) is 58.9 Å². The fraction of sp³-hybridized carbons (Fsp3) is 0.231. The molecule has 1 atom stereocenters. The fourth-order valence-electron chi connectivity index (χ4n) is 1.78. The van der Waals surface area contributed by atoms with E-state index in [1.54, 1.807) is 31.7 Å². The Bertz CT molecular complexity index is 533. The highest BCUT2D eigenvalue weighted by Crippen LogP contribution is 2.22. The number of hydrogen-bond donors (Lipinski definition) is 1. The van der Waals surface area contributed by atoms with Gasteiger partial charge in [-0.1, -0.05) is 11.6 Å². The van der Waals surface area contributed by atoms with Crippen molar-refractivity contribution in [2.24, 2.45) is 0 Å². The molecule has 0 fully saturated rings. The van der Waals surface area contributed by atoms with Crippen molar-refractivity contribution < 1.29 is 4.39 Å². The number of nitrogens with one attached hydrogen (secondary N) is 1. The quantitative estimate of drug-likeness (QED) is 0.924. The normalized spacial score (nSPS) is 12.4. The van der Waals surface area contributed by atoms with Crippen molar-refractivity contribution in [2.75, 3.05) is 7.05 Å². The summed E-state index contributed by atoms with van der Waals surface area (Å²) in [5.41, 5.74) is 1.31. The minimum Gasteiger partial charge on any atom is -0.311 e. The van der Waals surface area contributed by atoms with E-state index < -0.39 is 0 Å². The molecule has 0 saturated heterocycles. The van der Waals surface area contributed by atoms with E-state index in [1.165, 1.54) is 6.07 Å². The fourth-order valence-corrected chi connectivity index (χ4v) is 1.98. The van der Waals surface area contributed by atoms with Crippen molar-refractivity contribution in [3.63, 3.8) is 0 Å². The largest absolute Gasteiger partial charge is 0.311 e.